The van der Waals surface area contributed by atoms with Crippen LogP contribution in [-0.4, -0.2) is 64.8 Å². The monoisotopic (exact) mass is 441 g/mol. The highest BCUT2D eigenvalue weighted by atomic mass is 16.5. The van der Waals surface area contributed by atoms with Crippen molar-refractivity contribution in [3.05, 3.63) is 36.0 Å². The number of ether oxygens (including phenoxy) is 2. The summed E-state index contributed by atoms with van der Waals surface area (Å²) in [5.74, 6) is 2.01. The first-order valence-corrected chi connectivity index (χ1v) is 11.9. The van der Waals surface area contributed by atoms with Crippen LogP contribution in [0.1, 0.15) is 56.3 Å². The highest BCUT2D eigenvalue weighted by Gasteiger charge is 2.42. The molecule has 4 heterocycles. The van der Waals surface area contributed by atoms with Crippen LogP contribution >= 0.6 is 0 Å². The highest BCUT2D eigenvalue weighted by molar-refractivity contribution is 5.41. The van der Waals surface area contributed by atoms with E-state index in [0.29, 0.717) is 24.5 Å². The molecule has 5 rings (SSSR count). The van der Waals surface area contributed by atoms with Crippen molar-refractivity contribution < 1.29 is 9.47 Å². The van der Waals surface area contributed by atoms with Crippen molar-refractivity contribution in [1.82, 2.24) is 30.6 Å². The number of aromatic nitrogens is 4. The Balaban J connectivity index is 1.30. The molecule has 9 heteroatoms. The van der Waals surface area contributed by atoms with Gasteiger partial charge in [-0.25, -0.2) is 15.4 Å². The van der Waals surface area contributed by atoms with Gasteiger partial charge in [0, 0.05) is 38.5 Å². The van der Waals surface area contributed by atoms with Crippen molar-refractivity contribution in [2.75, 3.05) is 31.7 Å². The Morgan fingerprint density at radius 1 is 1.16 bits per heavy atom. The predicted molar refractivity (Wildman–Crippen MR) is 121 cm³/mol. The average Bonchev–Trinajstić information content (AvgIpc) is 3.44. The molecule has 3 fully saturated rings. The van der Waals surface area contributed by atoms with Gasteiger partial charge in [0.15, 0.2) is 0 Å². The largest absolute Gasteiger partial charge is 0.383 e. The lowest BCUT2D eigenvalue weighted by atomic mass is 9.73. The van der Waals surface area contributed by atoms with Crippen LogP contribution < -0.4 is 15.8 Å². The fraction of sp³-hybridized carbons (Fsp3) is 0.696. The normalized spacial score (nSPS) is 32.8. The molecule has 4 unspecified atom stereocenters. The highest BCUT2D eigenvalue weighted by Crippen LogP contribution is 2.43. The molecule has 3 aliphatic rings. The van der Waals surface area contributed by atoms with Crippen LogP contribution in [0.25, 0.3) is 0 Å². The molecule has 0 spiro atoms. The van der Waals surface area contributed by atoms with Crippen molar-refractivity contribution in [1.29, 1.82) is 0 Å². The molecule has 2 aliphatic heterocycles. The summed E-state index contributed by atoms with van der Waals surface area (Å²) in [6.45, 7) is 7.44. The smallest absolute Gasteiger partial charge is 0.132 e. The summed E-state index contributed by atoms with van der Waals surface area (Å²) in [4.78, 5) is 11.6. The van der Waals surface area contributed by atoms with Gasteiger partial charge in [-0.05, 0) is 50.5 Å². The Kier molecular flexibility index (Phi) is 6.41. The zero-order valence-electron chi connectivity index (χ0n) is 19.3. The Bertz CT molecular complexity index is 896. The summed E-state index contributed by atoms with van der Waals surface area (Å²) in [6, 6.07) is 2.82. The molecule has 1 aliphatic carbocycles. The standard InChI is InChI=1S/C23H35N7O2/c1-15-11-29(12-16(2)32-15)22-9-21(24-14-25-22)23-19-8-17(4-5-20(19)27-28-23)18-10-26-30(13-18)6-7-31-3/h9-10,13-17,19-20,23,27-28H,4-8,11-12H2,1-3H3/t15-,16+,17?,19?,20?,23?. The second-order valence-electron chi connectivity index (χ2n) is 9.54. The minimum atomic E-state index is 0.184. The van der Waals surface area contributed by atoms with Crippen molar-refractivity contribution >= 4 is 5.82 Å². The molecule has 32 heavy (non-hydrogen) atoms. The summed E-state index contributed by atoms with van der Waals surface area (Å²) in [6.07, 6.45) is 9.80. The molecule has 6 atom stereocenters. The van der Waals surface area contributed by atoms with Gasteiger partial charge in [0.1, 0.15) is 12.1 Å². The SMILES string of the molecule is COCCn1cc(C2CCC3NNC(c4cc(N5C[C@@H](C)O[C@@H](C)C5)ncn4)C3C2)cn1. The third kappa shape index (κ3) is 4.52. The molecule has 0 radical (unpaired) electrons. The number of nitrogens with zero attached hydrogens (tertiary/aromatic N) is 5. The lowest BCUT2D eigenvalue weighted by Crippen LogP contribution is -2.46. The maximum absolute atomic E-state index is 5.89. The van der Waals surface area contributed by atoms with Crippen molar-refractivity contribution in [3.8, 4) is 0 Å². The van der Waals surface area contributed by atoms with Gasteiger partial charge in [-0.3, -0.25) is 10.1 Å². The fourth-order valence-corrected chi connectivity index (χ4v) is 5.62. The van der Waals surface area contributed by atoms with Crippen LogP contribution in [0, 0.1) is 5.92 Å². The number of hydrogen-bond donors (Lipinski definition) is 2. The number of rotatable bonds is 6. The number of anilines is 1. The molecule has 2 saturated heterocycles. The summed E-state index contributed by atoms with van der Waals surface area (Å²) in [7, 11) is 1.73. The van der Waals surface area contributed by atoms with Gasteiger partial charge in [0.25, 0.3) is 0 Å². The summed E-state index contributed by atoms with van der Waals surface area (Å²) in [5.41, 5.74) is 9.50. The van der Waals surface area contributed by atoms with Gasteiger partial charge < -0.3 is 14.4 Å². The molecule has 2 N–H and O–H groups in total. The Hall–Kier alpha value is -2.07. The summed E-state index contributed by atoms with van der Waals surface area (Å²) in [5, 5.41) is 4.54. The first-order chi connectivity index (χ1) is 15.6. The maximum Gasteiger partial charge on any atom is 0.132 e. The fourth-order valence-electron chi connectivity index (χ4n) is 5.62. The molecule has 2 aromatic rings. The number of hydrogen-bond acceptors (Lipinski definition) is 8. The predicted octanol–water partition coefficient (Wildman–Crippen LogP) is 2.03. The Morgan fingerprint density at radius 3 is 2.81 bits per heavy atom. The van der Waals surface area contributed by atoms with Crippen LogP contribution in [-0.2, 0) is 16.0 Å². The van der Waals surface area contributed by atoms with Gasteiger partial charge in [0.05, 0.1) is 43.3 Å². The maximum atomic E-state index is 5.89. The van der Waals surface area contributed by atoms with Crippen molar-refractivity contribution in [2.45, 2.75) is 69.9 Å². The average molecular weight is 442 g/mol. The zero-order valence-corrected chi connectivity index (χ0v) is 19.3. The van der Waals surface area contributed by atoms with Gasteiger partial charge in [-0.1, -0.05) is 0 Å². The first kappa shape index (κ1) is 21.8. The van der Waals surface area contributed by atoms with E-state index in [9.17, 15) is 0 Å². The first-order valence-electron chi connectivity index (χ1n) is 11.9. The molecule has 174 valence electrons. The summed E-state index contributed by atoms with van der Waals surface area (Å²) < 4.78 is 13.1. The van der Waals surface area contributed by atoms with Crippen molar-refractivity contribution in [3.63, 3.8) is 0 Å². The van der Waals surface area contributed by atoms with Gasteiger partial charge >= 0.3 is 0 Å². The van der Waals surface area contributed by atoms with E-state index in [1.165, 1.54) is 12.0 Å². The molecule has 0 amide bonds. The van der Waals surface area contributed by atoms with Gasteiger partial charge in [0.2, 0.25) is 0 Å². The molecule has 2 aromatic heterocycles. The number of hydrazine groups is 1. The molecule has 0 aromatic carbocycles. The lowest BCUT2D eigenvalue weighted by Gasteiger charge is -2.36. The molecule has 1 saturated carbocycles. The van der Waals surface area contributed by atoms with E-state index in [1.807, 2.05) is 10.9 Å². The van der Waals surface area contributed by atoms with E-state index in [1.54, 1.807) is 13.4 Å². The third-order valence-electron chi connectivity index (χ3n) is 7.14. The van der Waals surface area contributed by atoms with Crippen LogP contribution in [0.15, 0.2) is 24.8 Å². The van der Waals surface area contributed by atoms with E-state index < -0.39 is 0 Å². The van der Waals surface area contributed by atoms with Crippen LogP contribution in [0.2, 0.25) is 0 Å². The number of fused-ring (bicyclic) bond motifs is 1. The van der Waals surface area contributed by atoms with E-state index >= 15 is 0 Å². The van der Waals surface area contributed by atoms with Gasteiger partial charge in [-0.15, -0.1) is 0 Å². The number of morpholine rings is 1. The van der Waals surface area contributed by atoms with Crippen LogP contribution in [0.3, 0.4) is 0 Å². The second kappa shape index (κ2) is 9.43. The Morgan fingerprint density at radius 2 is 2.00 bits per heavy atom. The van der Waals surface area contributed by atoms with E-state index in [2.05, 4.69) is 56.9 Å². The number of nitrogens with one attached hydrogen (secondary N) is 2. The Labute approximate surface area is 189 Å². The number of methoxy groups -OCH3 is 1. The van der Waals surface area contributed by atoms with Crippen LogP contribution in [0.4, 0.5) is 5.82 Å². The molecule has 9 nitrogen and oxygen atoms in total. The van der Waals surface area contributed by atoms with Crippen LogP contribution in [0.5, 0.6) is 0 Å². The lowest BCUT2D eigenvalue weighted by molar-refractivity contribution is -0.00547. The van der Waals surface area contributed by atoms with Gasteiger partial charge in [-0.2, -0.15) is 5.10 Å². The molecular formula is C23H35N7O2. The minimum absolute atomic E-state index is 0.184. The van der Waals surface area contributed by atoms with Crippen molar-refractivity contribution in [2.24, 2.45) is 5.92 Å². The van der Waals surface area contributed by atoms with E-state index in [0.717, 1.165) is 44.0 Å². The van der Waals surface area contributed by atoms with E-state index in [-0.39, 0.29) is 18.2 Å². The molecular weight excluding hydrogens is 406 g/mol. The van der Waals surface area contributed by atoms with E-state index in [4.69, 9.17) is 9.47 Å². The molecule has 0 bridgehead atoms. The zero-order chi connectivity index (χ0) is 22.1. The quantitative estimate of drug-likeness (QED) is 0.704. The summed E-state index contributed by atoms with van der Waals surface area (Å²) >= 11 is 0. The topological polar surface area (TPSA) is 89.4 Å². The second-order valence-corrected chi connectivity index (χ2v) is 9.54. The minimum Gasteiger partial charge on any atom is -0.383 e. The third-order valence-corrected chi connectivity index (χ3v) is 7.14.